The molecule has 1 N–H and O–H groups in total. The van der Waals surface area contributed by atoms with E-state index in [1.165, 1.54) is 12.1 Å². The molecule has 30 heavy (non-hydrogen) atoms. The number of H-pyrrole nitrogens is 1. The highest BCUT2D eigenvalue weighted by Crippen LogP contribution is 2.41. The smallest absolute Gasteiger partial charge is 0.319 e. The van der Waals surface area contributed by atoms with E-state index in [-0.39, 0.29) is 6.42 Å². The Bertz CT molecular complexity index is 1110. The number of carbonyl (C=O) groups excluding carboxylic acids is 1. The van der Waals surface area contributed by atoms with Crippen molar-refractivity contribution in [1.82, 2.24) is 4.98 Å². The monoisotopic (exact) mass is 411 g/mol. The molecule has 0 bridgehead atoms. The fraction of sp³-hybridized carbons (Fsp3) is 0.286. The highest BCUT2D eigenvalue weighted by atomic mass is 16.6. The fourth-order valence-corrected chi connectivity index (χ4v) is 3.15. The number of carbonyl (C=O) groups is 1. The number of para-hydroxylation sites is 1. The van der Waals surface area contributed by atoms with Gasteiger partial charge in [0.1, 0.15) is 0 Å². The molecule has 0 amide bonds. The Kier molecular flexibility index (Phi) is 5.55. The molecule has 0 unspecified atom stereocenters. The fourth-order valence-electron chi connectivity index (χ4n) is 3.15. The lowest BCUT2D eigenvalue weighted by Crippen LogP contribution is -2.15. The van der Waals surface area contributed by atoms with Crippen molar-refractivity contribution < 1.29 is 19.4 Å². The Morgan fingerprint density at radius 2 is 1.67 bits per heavy atom. The molecule has 0 aliphatic rings. The van der Waals surface area contributed by atoms with Gasteiger partial charge in [-0.1, -0.05) is 39.0 Å². The predicted octanol–water partition coefficient (Wildman–Crippen LogP) is 4.82. The molecule has 0 aliphatic heterocycles. The largest absolute Gasteiger partial charge is 0.412 e. The predicted molar refractivity (Wildman–Crippen MR) is 111 cm³/mol. The van der Waals surface area contributed by atoms with Crippen LogP contribution in [0.2, 0.25) is 0 Å². The van der Waals surface area contributed by atoms with Crippen molar-refractivity contribution in [3.8, 4) is 5.75 Å². The average molecular weight is 411 g/mol. The van der Waals surface area contributed by atoms with Gasteiger partial charge in [-0.2, -0.15) is 0 Å². The van der Waals surface area contributed by atoms with Gasteiger partial charge in [0.25, 0.3) is 5.75 Å². The van der Waals surface area contributed by atoms with E-state index in [1.807, 2.05) is 24.3 Å². The number of rotatable bonds is 6. The Labute approximate surface area is 172 Å². The van der Waals surface area contributed by atoms with E-state index in [1.54, 1.807) is 27.0 Å². The molecule has 0 saturated carbocycles. The Balaban J connectivity index is 1.88. The van der Waals surface area contributed by atoms with E-state index < -0.39 is 38.4 Å². The van der Waals surface area contributed by atoms with Crippen LogP contribution in [0.25, 0.3) is 10.9 Å². The molecule has 9 nitrogen and oxygen atoms in total. The van der Waals surface area contributed by atoms with Crippen molar-refractivity contribution in [2.45, 2.75) is 39.0 Å². The molecule has 0 atom stereocenters. The molecule has 1 aromatic heterocycles. The van der Waals surface area contributed by atoms with Crippen LogP contribution in [0, 0.1) is 20.2 Å². The Morgan fingerprint density at radius 3 is 2.23 bits per heavy atom. The van der Waals surface area contributed by atoms with Crippen LogP contribution in [0.5, 0.6) is 5.75 Å². The number of aromatic nitrogens is 1. The molecule has 156 valence electrons. The first-order chi connectivity index (χ1) is 14.1. The van der Waals surface area contributed by atoms with Crippen LogP contribution < -0.4 is 4.74 Å². The van der Waals surface area contributed by atoms with Crippen molar-refractivity contribution in [1.29, 1.82) is 0 Å². The quantitative estimate of drug-likeness (QED) is 0.268. The third-order valence-electron chi connectivity index (χ3n) is 4.80. The molecule has 3 aromatic rings. The van der Waals surface area contributed by atoms with Crippen molar-refractivity contribution in [2.75, 3.05) is 0 Å². The van der Waals surface area contributed by atoms with E-state index in [0.717, 1.165) is 16.5 Å². The van der Waals surface area contributed by atoms with Gasteiger partial charge in [-0.05, 0) is 29.0 Å². The van der Waals surface area contributed by atoms with E-state index in [4.69, 9.17) is 4.74 Å². The van der Waals surface area contributed by atoms with Crippen LogP contribution in [0.3, 0.4) is 0 Å². The van der Waals surface area contributed by atoms with E-state index in [2.05, 4.69) is 4.98 Å². The third-order valence-corrected chi connectivity index (χ3v) is 4.80. The Hall–Kier alpha value is -3.75. The highest BCUT2D eigenvalue weighted by Gasteiger charge is 2.33. The second-order valence-electron chi connectivity index (χ2n) is 7.94. The average Bonchev–Trinajstić information content (AvgIpc) is 3.08. The van der Waals surface area contributed by atoms with E-state index in [9.17, 15) is 25.0 Å². The van der Waals surface area contributed by atoms with Crippen LogP contribution in [-0.2, 0) is 16.6 Å². The van der Waals surface area contributed by atoms with Crippen LogP contribution in [0.1, 0.15) is 38.3 Å². The van der Waals surface area contributed by atoms with Gasteiger partial charge in [-0.3, -0.25) is 25.0 Å². The molecule has 3 rings (SSSR count). The first kappa shape index (κ1) is 21.0. The number of benzene rings is 2. The minimum atomic E-state index is -0.782. The maximum absolute atomic E-state index is 12.4. The van der Waals surface area contributed by atoms with Gasteiger partial charge in [0.15, 0.2) is 0 Å². The van der Waals surface area contributed by atoms with Crippen LogP contribution in [-0.4, -0.2) is 20.8 Å². The summed E-state index contributed by atoms with van der Waals surface area (Å²) >= 11 is 0. The summed E-state index contributed by atoms with van der Waals surface area (Å²) in [4.78, 5) is 37.0. The third kappa shape index (κ3) is 4.29. The summed E-state index contributed by atoms with van der Waals surface area (Å²) in [6.07, 6.45) is 2.02. The molecule has 9 heteroatoms. The second kappa shape index (κ2) is 7.94. The summed E-state index contributed by atoms with van der Waals surface area (Å²) in [5.41, 5.74) is 0.441. The number of hydrogen-bond acceptors (Lipinski definition) is 6. The van der Waals surface area contributed by atoms with Gasteiger partial charge in [-0.15, -0.1) is 0 Å². The van der Waals surface area contributed by atoms with E-state index in [0.29, 0.717) is 12.0 Å². The molecule has 0 saturated heterocycles. The normalized spacial score (nSPS) is 11.4. The first-order valence-corrected chi connectivity index (χ1v) is 9.31. The number of nitrogens with one attached hydrogen (secondary N) is 1. The molecule has 2 aromatic carbocycles. The number of esters is 1. The molecule has 0 spiro atoms. The second-order valence-corrected chi connectivity index (χ2v) is 7.94. The summed E-state index contributed by atoms with van der Waals surface area (Å²) in [7, 11) is 0. The van der Waals surface area contributed by atoms with Gasteiger partial charge in [0.2, 0.25) is 0 Å². The minimum absolute atomic E-state index is 0.0861. The number of aromatic amines is 1. The molecule has 0 radical (unpaired) electrons. The maximum Gasteiger partial charge on any atom is 0.319 e. The number of nitrogens with zero attached hydrogens (tertiary/aromatic N) is 2. The number of hydrogen-bond donors (Lipinski definition) is 1. The summed E-state index contributed by atoms with van der Waals surface area (Å²) in [6.45, 7) is 5.34. The van der Waals surface area contributed by atoms with E-state index >= 15 is 0 Å². The van der Waals surface area contributed by atoms with Crippen LogP contribution in [0.15, 0.2) is 42.6 Å². The number of aryl methyl sites for hydroxylation is 1. The zero-order chi connectivity index (χ0) is 22.1. The lowest BCUT2D eigenvalue weighted by molar-refractivity contribution is -0.395. The molecular weight excluding hydrogens is 390 g/mol. The number of fused-ring (bicyclic) bond motifs is 1. The Morgan fingerprint density at radius 1 is 1.07 bits per heavy atom. The number of nitro groups is 2. The van der Waals surface area contributed by atoms with Gasteiger partial charge in [-0.25, -0.2) is 0 Å². The highest BCUT2D eigenvalue weighted by molar-refractivity contribution is 5.84. The van der Waals surface area contributed by atoms with Gasteiger partial charge < -0.3 is 9.72 Å². The topological polar surface area (TPSA) is 128 Å². The zero-order valence-corrected chi connectivity index (χ0v) is 16.8. The molecular formula is C21H21N3O6. The molecule has 1 heterocycles. The summed E-state index contributed by atoms with van der Waals surface area (Å²) < 4.78 is 5.14. The lowest BCUT2D eigenvalue weighted by atomic mass is 9.86. The number of ether oxygens (including phenoxy) is 1. The minimum Gasteiger partial charge on any atom is -0.412 e. The van der Waals surface area contributed by atoms with Gasteiger partial charge >= 0.3 is 17.3 Å². The van der Waals surface area contributed by atoms with Crippen LogP contribution >= 0.6 is 0 Å². The number of nitro benzene ring substituents is 2. The SMILES string of the molecule is CC(C)(C)c1cc([N+](=O)[O-])c(OC(=O)CCc2c[nH]c3ccccc23)c([N+](=O)[O-])c1. The summed E-state index contributed by atoms with van der Waals surface area (Å²) in [6, 6.07) is 10.0. The van der Waals surface area contributed by atoms with Crippen molar-refractivity contribution in [2.24, 2.45) is 0 Å². The zero-order valence-electron chi connectivity index (χ0n) is 16.8. The van der Waals surface area contributed by atoms with Crippen molar-refractivity contribution >= 4 is 28.2 Å². The molecule has 0 fully saturated rings. The van der Waals surface area contributed by atoms with Crippen molar-refractivity contribution in [3.63, 3.8) is 0 Å². The summed E-state index contributed by atoms with van der Waals surface area (Å²) in [5, 5.41) is 24.0. The van der Waals surface area contributed by atoms with Crippen molar-refractivity contribution in [3.05, 3.63) is 74.0 Å². The first-order valence-electron chi connectivity index (χ1n) is 9.31. The summed E-state index contributed by atoms with van der Waals surface area (Å²) in [5.74, 6) is -1.42. The van der Waals surface area contributed by atoms with Gasteiger partial charge in [0, 0.05) is 29.2 Å². The standard InChI is InChI=1S/C21H21N3O6/c1-21(2,3)14-10-17(23(26)27)20(18(11-14)24(28)29)30-19(25)9-8-13-12-22-16-7-5-4-6-15(13)16/h4-7,10-12,22H,8-9H2,1-3H3. The van der Waals surface area contributed by atoms with Gasteiger partial charge in [0.05, 0.1) is 16.3 Å². The molecule has 0 aliphatic carbocycles. The van der Waals surface area contributed by atoms with Crippen LogP contribution in [0.4, 0.5) is 11.4 Å². The maximum atomic E-state index is 12.4. The lowest BCUT2D eigenvalue weighted by Gasteiger charge is -2.19.